The molecule has 4 aromatic rings. The van der Waals surface area contributed by atoms with Crippen LogP contribution in [0, 0.1) is 0 Å². The molecule has 164 valence electrons. The lowest BCUT2D eigenvalue weighted by molar-refractivity contribution is -0.142. The van der Waals surface area contributed by atoms with Crippen LogP contribution in [0.25, 0.3) is 16.9 Å². The van der Waals surface area contributed by atoms with Gasteiger partial charge in [-0.25, -0.2) is 9.50 Å². The van der Waals surface area contributed by atoms with Gasteiger partial charge in [0.15, 0.2) is 17.0 Å². The van der Waals surface area contributed by atoms with Crippen LogP contribution in [0.15, 0.2) is 60.7 Å². The second-order valence-electron chi connectivity index (χ2n) is 7.10. The highest BCUT2D eigenvalue weighted by atomic mass is 35.5. The Balaban J connectivity index is 1.76. The van der Waals surface area contributed by atoms with Crippen molar-refractivity contribution < 1.29 is 18.0 Å². The third kappa shape index (κ3) is 4.42. The van der Waals surface area contributed by atoms with Crippen molar-refractivity contribution in [3.8, 4) is 11.3 Å². The number of carbonyl (C=O) groups is 1. The summed E-state index contributed by atoms with van der Waals surface area (Å²) in [4.78, 5) is 18.5. The monoisotopic (exact) mass is 478 g/mol. The van der Waals surface area contributed by atoms with Crippen LogP contribution in [0.4, 0.5) is 13.2 Å². The number of carbonyl (C=O) groups excluding carboxylic acids is 1. The number of aromatic nitrogens is 3. The number of rotatable bonds is 4. The van der Waals surface area contributed by atoms with E-state index in [1.807, 2.05) is 30.3 Å². The predicted molar refractivity (Wildman–Crippen MR) is 116 cm³/mol. The Morgan fingerprint density at radius 1 is 1.03 bits per heavy atom. The van der Waals surface area contributed by atoms with Crippen LogP contribution in [0.3, 0.4) is 0 Å². The summed E-state index contributed by atoms with van der Waals surface area (Å²) in [6.07, 6.45) is -4.73. The van der Waals surface area contributed by atoms with E-state index in [1.54, 1.807) is 7.05 Å². The summed E-state index contributed by atoms with van der Waals surface area (Å²) in [7, 11) is 1.55. The summed E-state index contributed by atoms with van der Waals surface area (Å²) >= 11 is 11.9. The highest BCUT2D eigenvalue weighted by Gasteiger charge is 2.36. The van der Waals surface area contributed by atoms with Gasteiger partial charge in [0.05, 0.1) is 15.7 Å². The number of alkyl halides is 3. The Kier molecular flexibility index (Phi) is 5.83. The van der Waals surface area contributed by atoms with Gasteiger partial charge in [-0.3, -0.25) is 4.79 Å². The zero-order valence-corrected chi connectivity index (χ0v) is 18.1. The molecule has 0 saturated carbocycles. The molecule has 0 N–H and O–H groups in total. The summed E-state index contributed by atoms with van der Waals surface area (Å²) < 4.78 is 42.0. The molecule has 2 aromatic carbocycles. The second-order valence-corrected chi connectivity index (χ2v) is 7.91. The fraction of sp³-hybridized carbons (Fsp3) is 0.136. The van der Waals surface area contributed by atoms with Crippen molar-refractivity contribution in [2.24, 2.45) is 0 Å². The maximum absolute atomic E-state index is 13.8. The molecule has 10 heteroatoms. The molecule has 2 heterocycles. The number of hydrogen-bond donors (Lipinski definition) is 0. The lowest BCUT2D eigenvalue weighted by atomic mass is 10.1. The molecule has 4 rings (SSSR count). The lowest BCUT2D eigenvalue weighted by Crippen LogP contribution is -2.26. The van der Waals surface area contributed by atoms with Gasteiger partial charge in [-0.05, 0) is 23.8 Å². The molecular weight excluding hydrogens is 464 g/mol. The van der Waals surface area contributed by atoms with E-state index < -0.39 is 17.8 Å². The summed E-state index contributed by atoms with van der Waals surface area (Å²) in [5, 5.41) is 4.36. The van der Waals surface area contributed by atoms with Crippen molar-refractivity contribution in [1.29, 1.82) is 0 Å². The number of nitrogens with zero attached hydrogens (tertiary/aromatic N) is 4. The first-order valence-electron chi connectivity index (χ1n) is 9.36. The van der Waals surface area contributed by atoms with Crippen molar-refractivity contribution in [3.05, 3.63) is 87.7 Å². The van der Waals surface area contributed by atoms with Crippen LogP contribution >= 0.6 is 23.2 Å². The van der Waals surface area contributed by atoms with E-state index >= 15 is 0 Å². The van der Waals surface area contributed by atoms with E-state index in [4.69, 9.17) is 23.2 Å². The molecule has 0 atom stereocenters. The van der Waals surface area contributed by atoms with Crippen molar-refractivity contribution in [3.63, 3.8) is 0 Å². The van der Waals surface area contributed by atoms with Gasteiger partial charge in [0, 0.05) is 25.2 Å². The Bertz CT molecular complexity index is 1310. The minimum atomic E-state index is -4.73. The maximum Gasteiger partial charge on any atom is 0.433 e. The molecule has 1 amide bonds. The normalized spacial score (nSPS) is 11.7. The van der Waals surface area contributed by atoms with E-state index in [0.717, 1.165) is 11.6 Å². The molecule has 0 bridgehead atoms. The fourth-order valence-electron chi connectivity index (χ4n) is 3.21. The SMILES string of the molecule is CN(Cc1ccccc1)C(=O)c1cc2nc(-c3ccc(Cl)c(Cl)c3)cc(C(F)(F)F)n2n1. The number of benzene rings is 2. The second kappa shape index (κ2) is 8.44. The predicted octanol–water partition coefficient (Wildman–Crippen LogP) is 5.99. The maximum atomic E-state index is 13.8. The van der Waals surface area contributed by atoms with Crippen molar-refractivity contribution in [1.82, 2.24) is 19.5 Å². The average Bonchev–Trinajstić information content (AvgIpc) is 3.18. The van der Waals surface area contributed by atoms with Crippen LogP contribution < -0.4 is 0 Å². The standard InChI is InChI=1S/C22H15Cl2F3N4O/c1-30(12-13-5-3-2-4-6-13)21(32)18-11-20-28-17(14-7-8-15(23)16(24)9-14)10-19(22(25,26)27)31(20)29-18/h2-11H,12H2,1H3. The zero-order valence-electron chi connectivity index (χ0n) is 16.6. The van der Waals surface area contributed by atoms with Crippen LogP contribution in [0.1, 0.15) is 21.7 Å². The number of amides is 1. The van der Waals surface area contributed by atoms with Gasteiger partial charge in [-0.1, -0.05) is 59.6 Å². The number of fused-ring (bicyclic) bond motifs is 1. The molecule has 2 aromatic heterocycles. The third-order valence-electron chi connectivity index (χ3n) is 4.76. The minimum Gasteiger partial charge on any atom is -0.336 e. The van der Waals surface area contributed by atoms with Crippen LogP contribution in [-0.4, -0.2) is 32.5 Å². The Morgan fingerprint density at radius 2 is 1.75 bits per heavy atom. The van der Waals surface area contributed by atoms with Crippen LogP contribution in [-0.2, 0) is 12.7 Å². The van der Waals surface area contributed by atoms with E-state index in [-0.39, 0.29) is 33.6 Å². The summed E-state index contributed by atoms with van der Waals surface area (Å²) in [6.45, 7) is 0.279. The summed E-state index contributed by atoms with van der Waals surface area (Å²) in [5.41, 5.74) is -0.0656. The molecule has 0 aliphatic carbocycles. The molecule has 0 aliphatic rings. The van der Waals surface area contributed by atoms with Gasteiger partial charge >= 0.3 is 6.18 Å². The van der Waals surface area contributed by atoms with Gasteiger partial charge < -0.3 is 4.90 Å². The highest BCUT2D eigenvalue weighted by molar-refractivity contribution is 6.42. The molecule has 0 unspecified atom stereocenters. The third-order valence-corrected chi connectivity index (χ3v) is 5.50. The zero-order chi connectivity index (χ0) is 23.0. The van der Waals surface area contributed by atoms with Crippen molar-refractivity contribution >= 4 is 34.8 Å². The van der Waals surface area contributed by atoms with Crippen LogP contribution in [0.2, 0.25) is 10.0 Å². The number of halogens is 5. The smallest absolute Gasteiger partial charge is 0.336 e. The van der Waals surface area contributed by atoms with Gasteiger partial charge in [0.2, 0.25) is 0 Å². The summed E-state index contributed by atoms with van der Waals surface area (Å²) in [5.74, 6) is -0.524. The first kappa shape index (κ1) is 22.1. The minimum absolute atomic E-state index is 0.0277. The largest absolute Gasteiger partial charge is 0.433 e. The molecule has 0 fully saturated rings. The van der Waals surface area contributed by atoms with Crippen molar-refractivity contribution in [2.45, 2.75) is 12.7 Å². The molecule has 0 spiro atoms. The van der Waals surface area contributed by atoms with Crippen molar-refractivity contribution in [2.75, 3.05) is 7.05 Å². The van der Waals surface area contributed by atoms with Crippen LogP contribution in [0.5, 0.6) is 0 Å². The first-order chi connectivity index (χ1) is 15.1. The van der Waals surface area contributed by atoms with Gasteiger partial charge in [0.25, 0.3) is 5.91 Å². The quantitative estimate of drug-likeness (QED) is 0.361. The molecule has 0 radical (unpaired) electrons. The highest BCUT2D eigenvalue weighted by Crippen LogP contribution is 2.34. The Morgan fingerprint density at radius 3 is 2.41 bits per heavy atom. The number of hydrogen-bond acceptors (Lipinski definition) is 3. The Hall–Kier alpha value is -3.10. The van der Waals surface area contributed by atoms with Gasteiger partial charge in [0.1, 0.15) is 0 Å². The molecule has 0 saturated heterocycles. The van der Waals surface area contributed by atoms with E-state index in [0.29, 0.717) is 10.1 Å². The topological polar surface area (TPSA) is 50.5 Å². The average molecular weight is 479 g/mol. The van der Waals surface area contributed by atoms with Gasteiger partial charge in [-0.15, -0.1) is 0 Å². The molecule has 5 nitrogen and oxygen atoms in total. The molecular formula is C22H15Cl2F3N4O. The molecule has 32 heavy (non-hydrogen) atoms. The molecule has 0 aliphatic heterocycles. The first-order valence-corrected chi connectivity index (χ1v) is 10.1. The van der Waals surface area contributed by atoms with Gasteiger partial charge in [-0.2, -0.15) is 18.3 Å². The van der Waals surface area contributed by atoms with E-state index in [9.17, 15) is 18.0 Å². The summed E-state index contributed by atoms with van der Waals surface area (Å²) in [6, 6.07) is 15.7. The fourth-order valence-corrected chi connectivity index (χ4v) is 3.51. The lowest BCUT2D eigenvalue weighted by Gasteiger charge is -2.15. The van der Waals surface area contributed by atoms with E-state index in [1.165, 1.54) is 29.2 Å². The van der Waals surface area contributed by atoms with E-state index in [2.05, 4.69) is 10.1 Å². The Labute approximate surface area is 191 Å².